The summed E-state index contributed by atoms with van der Waals surface area (Å²) in [6.45, 7) is 4.09. The number of nitrogens with zero attached hydrogens (tertiary/aromatic N) is 1. The van der Waals surface area contributed by atoms with Gasteiger partial charge in [-0.15, -0.1) is 0 Å². The topological polar surface area (TPSA) is 50.5 Å². The number of hydrogen-bond acceptors (Lipinski definition) is 4. The van der Waals surface area contributed by atoms with Crippen LogP contribution in [0.15, 0.2) is 42.5 Å². The van der Waals surface area contributed by atoms with Crippen molar-refractivity contribution in [2.45, 2.75) is 25.9 Å². The monoisotopic (exact) mass is 311 g/mol. The molecule has 0 aromatic heterocycles. The fourth-order valence-corrected chi connectivity index (χ4v) is 3.07. The second-order valence-electron chi connectivity index (χ2n) is 6.07. The average Bonchev–Trinajstić information content (AvgIpc) is 3.08. The summed E-state index contributed by atoms with van der Waals surface area (Å²) < 4.78 is 5.59. The highest BCUT2D eigenvalue weighted by Crippen LogP contribution is 2.25. The van der Waals surface area contributed by atoms with Crippen molar-refractivity contribution < 1.29 is 4.74 Å². The van der Waals surface area contributed by atoms with Crippen molar-refractivity contribution in [1.29, 1.82) is 0 Å². The van der Waals surface area contributed by atoms with Crippen LogP contribution in [0.4, 0.5) is 11.4 Å². The Morgan fingerprint density at radius 3 is 2.65 bits per heavy atom. The number of rotatable bonds is 6. The molecular formula is C19H25N3O. The quantitative estimate of drug-likeness (QED) is 0.802. The van der Waals surface area contributed by atoms with Crippen molar-refractivity contribution in [2.24, 2.45) is 0 Å². The van der Waals surface area contributed by atoms with E-state index in [9.17, 15) is 0 Å². The molecule has 0 radical (unpaired) electrons. The first-order valence-electron chi connectivity index (χ1n) is 8.23. The minimum absolute atomic E-state index is 0.731. The second-order valence-corrected chi connectivity index (χ2v) is 6.07. The zero-order valence-electron chi connectivity index (χ0n) is 13.7. The van der Waals surface area contributed by atoms with Crippen LogP contribution in [0.25, 0.3) is 0 Å². The molecule has 1 aliphatic heterocycles. The van der Waals surface area contributed by atoms with Gasteiger partial charge in [-0.3, -0.25) is 4.90 Å². The first-order chi connectivity index (χ1) is 11.3. The fourth-order valence-electron chi connectivity index (χ4n) is 3.07. The van der Waals surface area contributed by atoms with Crippen LogP contribution in [0.1, 0.15) is 24.0 Å². The Hall–Kier alpha value is -2.20. The zero-order valence-corrected chi connectivity index (χ0v) is 13.7. The summed E-state index contributed by atoms with van der Waals surface area (Å²) in [5.74, 6) is 0.970. The first-order valence-corrected chi connectivity index (χ1v) is 8.23. The summed E-state index contributed by atoms with van der Waals surface area (Å²) in [7, 11) is 1.75. The molecule has 4 nitrogen and oxygen atoms in total. The summed E-state index contributed by atoms with van der Waals surface area (Å²) in [5, 5.41) is 3.38. The van der Waals surface area contributed by atoms with Gasteiger partial charge in [0.05, 0.1) is 18.5 Å². The van der Waals surface area contributed by atoms with E-state index >= 15 is 0 Å². The van der Waals surface area contributed by atoms with Crippen LogP contribution in [-0.2, 0) is 13.1 Å². The number of para-hydroxylation sites is 2. The lowest BCUT2D eigenvalue weighted by Gasteiger charge is -2.18. The van der Waals surface area contributed by atoms with Crippen LogP contribution >= 0.6 is 0 Å². The van der Waals surface area contributed by atoms with Crippen LogP contribution in [0, 0.1) is 0 Å². The van der Waals surface area contributed by atoms with Gasteiger partial charge in [-0.1, -0.05) is 24.3 Å². The van der Waals surface area contributed by atoms with Gasteiger partial charge in [-0.05, 0) is 49.7 Å². The van der Waals surface area contributed by atoms with Crippen molar-refractivity contribution in [3.63, 3.8) is 0 Å². The lowest BCUT2D eigenvalue weighted by atomic mass is 10.1. The number of ether oxygens (including phenoxy) is 1. The van der Waals surface area contributed by atoms with Gasteiger partial charge in [0.25, 0.3) is 0 Å². The molecule has 0 bridgehead atoms. The van der Waals surface area contributed by atoms with Crippen molar-refractivity contribution in [1.82, 2.24) is 4.90 Å². The molecule has 2 aromatic rings. The van der Waals surface area contributed by atoms with Gasteiger partial charge in [0.2, 0.25) is 0 Å². The Morgan fingerprint density at radius 2 is 1.91 bits per heavy atom. The molecule has 3 N–H and O–H groups in total. The fraction of sp³-hybridized carbons (Fsp3) is 0.368. The number of likely N-dealkylation sites (tertiary alicyclic amines) is 1. The summed E-state index contributed by atoms with van der Waals surface area (Å²) in [5.41, 5.74) is 10.1. The summed E-state index contributed by atoms with van der Waals surface area (Å²) in [6, 6.07) is 14.3. The molecule has 0 spiro atoms. The van der Waals surface area contributed by atoms with Gasteiger partial charge in [-0.25, -0.2) is 0 Å². The van der Waals surface area contributed by atoms with Gasteiger partial charge in [0.15, 0.2) is 0 Å². The molecule has 1 aliphatic rings. The van der Waals surface area contributed by atoms with E-state index in [1.54, 1.807) is 7.11 Å². The molecule has 1 saturated heterocycles. The minimum atomic E-state index is 0.731. The summed E-state index contributed by atoms with van der Waals surface area (Å²) in [6.07, 6.45) is 2.62. The maximum absolute atomic E-state index is 5.96. The molecule has 0 atom stereocenters. The van der Waals surface area contributed by atoms with Gasteiger partial charge >= 0.3 is 0 Å². The lowest BCUT2D eigenvalue weighted by molar-refractivity contribution is 0.321. The van der Waals surface area contributed by atoms with Gasteiger partial charge < -0.3 is 15.8 Å². The third-order valence-electron chi connectivity index (χ3n) is 4.39. The number of benzene rings is 2. The normalized spacial score (nSPS) is 14.8. The van der Waals surface area contributed by atoms with E-state index in [4.69, 9.17) is 10.5 Å². The smallest absolute Gasteiger partial charge is 0.123 e. The Morgan fingerprint density at radius 1 is 1.13 bits per heavy atom. The Bertz CT molecular complexity index is 651. The van der Waals surface area contributed by atoms with Crippen molar-refractivity contribution in [2.75, 3.05) is 31.2 Å². The lowest BCUT2D eigenvalue weighted by Crippen LogP contribution is -2.18. The molecule has 2 aromatic carbocycles. The van der Waals surface area contributed by atoms with E-state index in [1.807, 2.05) is 24.3 Å². The summed E-state index contributed by atoms with van der Waals surface area (Å²) >= 11 is 0. The molecule has 122 valence electrons. The molecule has 0 saturated carbocycles. The van der Waals surface area contributed by atoms with E-state index in [0.717, 1.165) is 30.2 Å². The van der Waals surface area contributed by atoms with Crippen LogP contribution in [-0.4, -0.2) is 25.1 Å². The Kier molecular flexibility index (Phi) is 5.03. The highest BCUT2D eigenvalue weighted by atomic mass is 16.5. The van der Waals surface area contributed by atoms with Gasteiger partial charge in [-0.2, -0.15) is 0 Å². The minimum Gasteiger partial charge on any atom is -0.496 e. The Balaban J connectivity index is 1.67. The number of nitrogens with one attached hydrogen (secondary N) is 1. The molecule has 0 aliphatic carbocycles. The highest BCUT2D eigenvalue weighted by molar-refractivity contribution is 5.65. The average molecular weight is 311 g/mol. The summed E-state index contributed by atoms with van der Waals surface area (Å²) in [4.78, 5) is 2.49. The molecule has 0 unspecified atom stereocenters. The maximum Gasteiger partial charge on any atom is 0.123 e. The number of methoxy groups -OCH3 is 1. The maximum atomic E-state index is 5.96. The molecule has 3 rings (SSSR count). The number of anilines is 2. The van der Waals surface area contributed by atoms with Crippen LogP contribution < -0.4 is 15.8 Å². The van der Waals surface area contributed by atoms with Gasteiger partial charge in [0, 0.05) is 18.7 Å². The highest BCUT2D eigenvalue weighted by Gasteiger charge is 2.14. The van der Waals surface area contributed by atoms with E-state index in [1.165, 1.54) is 37.1 Å². The van der Waals surface area contributed by atoms with E-state index in [2.05, 4.69) is 28.4 Å². The molecule has 1 fully saturated rings. The number of nitrogen functional groups attached to an aromatic ring is 1. The third kappa shape index (κ3) is 3.96. The van der Waals surface area contributed by atoms with E-state index in [0.29, 0.717) is 0 Å². The molecule has 23 heavy (non-hydrogen) atoms. The predicted molar refractivity (Wildman–Crippen MR) is 95.7 cm³/mol. The van der Waals surface area contributed by atoms with Crippen molar-refractivity contribution in [3.05, 3.63) is 53.6 Å². The van der Waals surface area contributed by atoms with E-state index < -0.39 is 0 Å². The van der Waals surface area contributed by atoms with Crippen molar-refractivity contribution >= 4 is 11.4 Å². The molecular weight excluding hydrogens is 286 g/mol. The molecule has 1 heterocycles. The standard InChI is InChI=1S/C19H25N3O/c1-23-19-12-15(13-21-18-7-3-2-6-17(18)20)8-9-16(19)14-22-10-4-5-11-22/h2-3,6-9,12,21H,4-5,10-11,13-14,20H2,1H3. The first kappa shape index (κ1) is 15.7. The molecule has 4 heteroatoms. The second kappa shape index (κ2) is 7.38. The van der Waals surface area contributed by atoms with Gasteiger partial charge in [0.1, 0.15) is 5.75 Å². The third-order valence-corrected chi connectivity index (χ3v) is 4.39. The van der Waals surface area contributed by atoms with E-state index in [-0.39, 0.29) is 0 Å². The van der Waals surface area contributed by atoms with Crippen molar-refractivity contribution in [3.8, 4) is 5.75 Å². The predicted octanol–water partition coefficient (Wildman–Crippen LogP) is 3.49. The van der Waals surface area contributed by atoms with Crippen LogP contribution in [0.3, 0.4) is 0 Å². The number of hydrogen-bond donors (Lipinski definition) is 2. The van der Waals surface area contributed by atoms with Crippen LogP contribution in [0.2, 0.25) is 0 Å². The molecule has 0 amide bonds. The number of nitrogens with two attached hydrogens (primary N) is 1. The zero-order chi connectivity index (χ0) is 16.1. The Labute approximate surface area is 138 Å². The SMILES string of the molecule is COc1cc(CNc2ccccc2N)ccc1CN1CCCC1. The van der Waals surface area contributed by atoms with Crippen LogP contribution in [0.5, 0.6) is 5.75 Å². The largest absolute Gasteiger partial charge is 0.496 e.